The first-order chi connectivity index (χ1) is 10.0. The molecule has 1 nitrogen and oxygen atoms in total. The molecule has 0 saturated heterocycles. The summed E-state index contributed by atoms with van der Waals surface area (Å²) in [4.78, 5) is 0. The van der Waals surface area contributed by atoms with Gasteiger partial charge in [0, 0.05) is 0 Å². The van der Waals surface area contributed by atoms with E-state index in [4.69, 9.17) is 4.43 Å². The van der Waals surface area contributed by atoms with Crippen LogP contribution in [-0.4, -0.2) is 14.9 Å². The fraction of sp³-hybridized carbons (Fsp3) is 0.263. The predicted molar refractivity (Wildman–Crippen MR) is 91.8 cm³/mol. The molecular weight excluding hydrogens is 272 g/mol. The summed E-state index contributed by atoms with van der Waals surface area (Å²) in [6, 6.07) is 21.3. The van der Waals surface area contributed by atoms with Crippen molar-refractivity contribution in [2.75, 3.05) is 6.61 Å². The van der Waals surface area contributed by atoms with Gasteiger partial charge in [0.25, 0.3) is 0 Å². The molecule has 21 heavy (non-hydrogen) atoms. The van der Waals surface area contributed by atoms with Crippen molar-refractivity contribution in [3.63, 3.8) is 0 Å². The lowest BCUT2D eigenvalue weighted by atomic mass is 9.89. The van der Waals surface area contributed by atoms with Gasteiger partial charge in [0.05, 0.1) is 12.0 Å². The van der Waals surface area contributed by atoms with Crippen LogP contribution in [0.15, 0.2) is 66.7 Å². The van der Waals surface area contributed by atoms with Crippen LogP contribution >= 0.6 is 0 Å². The van der Waals surface area contributed by atoms with Crippen LogP contribution in [-0.2, 0) is 9.84 Å². The first kappa shape index (κ1) is 14.3. The van der Waals surface area contributed by atoms with Crippen LogP contribution in [0.3, 0.4) is 0 Å². The molecule has 2 aromatic carbocycles. The summed E-state index contributed by atoms with van der Waals surface area (Å²) in [6.45, 7) is 7.50. The lowest BCUT2D eigenvalue weighted by Gasteiger charge is -2.25. The van der Waals surface area contributed by atoms with Gasteiger partial charge in [0.2, 0.25) is 0 Å². The molecule has 0 aliphatic heterocycles. The molecule has 1 unspecified atom stereocenters. The van der Waals surface area contributed by atoms with E-state index in [0.29, 0.717) is 0 Å². The maximum atomic E-state index is 6.25. The van der Waals surface area contributed by atoms with Crippen LogP contribution < -0.4 is 0 Å². The number of benzene rings is 2. The summed E-state index contributed by atoms with van der Waals surface area (Å²) in [7, 11) is -1.52. The third-order valence-corrected chi connectivity index (χ3v) is 4.90. The Bertz CT molecular complexity index is 640. The third kappa shape index (κ3) is 3.02. The van der Waals surface area contributed by atoms with Crippen molar-refractivity contribution >= 4 is 13.9 Å². The molecule has 0 fully saturated rings. The van der Waals surface area contributed by atoms with E-state index in [0.717, 1.165) is 6.61 Å². The summed E-state index contributed by atoms with van der Waals surface area (Å²) >= 11 is 0. The van der Waals surface area contributed by atoms with E-state index < -0.39 is 8.32 Å². The van der Waals surface area contributed by atoms with E-state index in [2.05, 4.69) is 86.4 Å². The van der Waals surface area contributed by atoms with Gasteiger partial charge in [0.15, 0.2) is 8.32 Å². The van der Waals surface area contributed by atoms with Crippen LogP contribution in [0.4, 0.5) is 0 Å². The normalized spacial score (nSPS) is 21.0. The highest BCUT2D eigenvalue weighted by Crippen LogP contribution is 2.53. The molecule has 2 aromatic rings. The Morgan fingerprint density at radius 2 is 1.43 bits per heavy atom. The van der Waals surface area contributed by atoms with E-state index in [1.165, 1.54) is 16.7 Å². The molecule has 0 N–H and O–H groups in total. The van der Waals surface area contributed by atoms with Gasteiger partial charge in [-0.3, -0.25) is 0 Å². The van der Waals surface area contributed by atoms with Crippen molar-refractivity contribution in [2.24, 2.45) is 0 Å². The Balaban J connectivity index is 1.89. The van der Waals surface area contributed by atoms with Crippen molar-refractivity contribution in [2.45, 2.75) is 25.1 Å². The Kier molecular flexibility index (Phi) is 3.60. The highest BCUT2D eigenvalue weighted by atomic mass is 28.4. The highest BCUT2D eigenvalue weighted by Gasteiger charge is 2.46. The molecule has 0 aromatic heterocycles. The lowest BCUT2D eigenvalue weighted by Crippen LogP contribution is -2.31. The molecule has 0 spiro atoms. The van der Waals surface area contributed by atoms with Gasteiger partial charge in [-0.25, -0.2) is 0 Å². The molecule has 1 atom stereocenters. The summed E-state index contributed by atoms with van der Waals surface area (Å²) in [6.07, 6.45) is 2.36. The molecule has 0 amide bonds. The lowest BCUT2D eigenvalue weighted by molar-refractivity contribution is 0.286. The Morgan fingerprint density at radius 1 is 0.857 bits per heavy atom. The average molecular weight is 294 g/mol. The van der Waals surface area contributed by atoms with Crippen LogP contribution in [0.5, 0.6) is 0 Å². The zero-order valence-corrected chi connectivity index (χ0v) is 14.0. The monoisotopic (exact) mass is 294 g/mol. The number of rotatable bonds is 5. The molecule has 1 aliphatic rings. The minimum Gasteiger partial charge on any atom is -0.416 e. The van der Waals surface area contributed by atoms with Crippen LogP contribution in [0.2, 0.25) is 19.6 Å². The Hall–Kier alpha value is -1.64. The maximum Gasteiger partial charge on any atom is 0.183 e. The van der Waals surface area contributed by atoms with E-state index in [1.807, 2.05) is 0 Å². The second kappa shape index (κ2) is 5.28. The second-order valence-electron chi connectivity index (χ2n) is 6.66. The highest BCUT2D eigenvalue weighted by molar-refractivity contribution is 6.69. The fourth-order valence-corrected chi connectivity index (χ4v) is 3.34. The van der Waals surface area contributed by atoms with Gasteiger partial charge in [-0.1, -0.05) is 66.7 Å². The first-order valence-electron chi connectivity index (χ1n) is 7.50. The van der Waals surface area contributed by atoms with Gasteiger partial charge in [-0.05, 0) is 36.3 Å². The Morgan fingerprint density at radius 3 is 2.00 bits per heavy atom. The van der Waals surface area contributed by atoms with Gasteiger partial charge in [0.1, 0.15) is 0 Å². The van der Waals surface area contributed by atoms with Gasteiger partial charge >= 0.3 is 0 Å². The molecule has 0 bridgehead atoms. The minimum absolute atomic E-state index is 0.0249. The topological polar surface area (TPSA) is 9.23 Å². The van der Waals surface area contributed by atoms with E-state index in [-0.39, 0.29) is 5.41 Å². The maximum absolute atomic E-state index is 6.25. The number of hydrogen-bond donors (Lipinski definition) is 0. The Labute approximate surface area is 128 Å². The van der Waals surface area contributed by atoms with Crippen molar-refractivity contribution in [3.05, 3.63) is 77.9 Å². The van der Waals surface area contributed by atoms with Crippen LogP contribution in [0.1, 0.15) is 11.1 Å². The van der Waals surface area contributed by atoms with E-state index >= 15 is 0 Å². The van der Waals surface area contributed by atoms with Crippen molar-refractivity contribution in [1.29, 1.82) is 0 Å². The summed E-state index contributed by atoms with van der Waals surface area (Å²) < 4.78 is 6.25. The minimum atomic E-state index is -1.52. The summed E-state index contributed by atoms with van der Waals surface area (Å²) in [5, 5.41) is 0. The standard InChI is InChI=1S/C19H22OSi/c1-21(2,3)20-15-19(17-12-8-5-9-13-17)14-18(19)16-10-6-4-7-11-16/h4-14H,15H2,1-3H3. The SMILES string of the molecule is C[Si](C)(C)OCC1(c2ccccc2)C=C1c1ccccc1. The molecule has 0 heterocycles. The van der Waals surface area contributed by atoms with Crippen molar-refractivity contribution < 1.29 is 4.43 Å². The molecule has 3 rings (SSSR count). The molecule has 2 heteroatoms. The van der Waals surface area contributed by atoms with Crippen LogP contribution in [0, 0.1) is 0 Å². The van der Waals surface area contributed by atoms with Gasteiger partial charge < -0.3 is 4.43 Å². The summed E-state index contributed by atoms with van der Waals surface area (Å²) in [5.41, 5.74) is 4.01. The third-order valence-electron chi connectivity index (χ3n) is 3.89. The van der Waals surface area contributed by atoms with Crippen molar-refractivity contribution in [1.82, 2.24) is 0 Å². The van der Waals surface area contributed by atoms with Gasteiger partial charge in [-0.15, -0.1) is 0 Å². The van der Waals surface area contributed by atoms with Gasteiger partial charge in [-0.2, -0.15) is 0 Å². The zero-order chi connectivity index (χ0) is 14.9. The average Bonchev–Trinajstić information content (AvgIpc) is 3.23. The largest absolute Gasteiger partial charge is 0.416 e. The number of hydrogen-bond acceptors (Lipinski definition) is 1. The zero-order valence-electron chi connectivity index (χ0n) is 13.0. The molecule has 0 saturated carbocycles. The van der Waals surface area contributed by atoms with Crippen molar-refractivity contribution in [3.8, 4) is 0 Å². The quantitative estimate of drug-likeness (QED) is 0.715. The van der Waals surface area contributed by atoms with E-state index in [1.54, 1.807) is 0 Å². The molecule has 108 valence electrons. The molecular formula is C19H22OSi. The van der Waals surface area contributed by atoms with E-state index in [9.17, 15) is 0 Å². The smallest absolute Gasteiger partial charge is 0.183 e. The second-order valence-corrected chi connectivity index (χ2v) is 11.2. The molecule has 0 radical (unpaired) electrons. The van der Waals surface area contributed by atoms with Crippen LogP contribution in [0.25, 0.3) is 5.57 Å². The fourth-order valence-electron chi connectivity index (χ4n) is 2.68. The summed E-state index contributed by atoms with van der Waals surface area (Å²) in [5.74, 6) is 0. The first-order valence-corrected chi connectivity index (χ1v) is 10.9. The molecule has 1 aliphatic carbocycles. The predicted octanol–water partition coefficient (Wildman–Crippen LogP) is 4.87.